The van der Waals surface area contributed by atoms with E-state index in [9.17, 15) is 0 Å². The van der Waals surface area contributed by atoms with Gasteiger partial charge >= 0.3 is 0 Å². The van der Waals surface area contributed by atoms with Crippen LogP contribution in [0.1, 0.15) is 32.6 Å². The Morgan fingerprint density at radius 3 is 3.10 bits per heavy atom. The van der Waals surface area contributed by atoms with Crippen molar-refractivity contribution in [3.8, 4) is 0 Å². The number of halogens is 1. The summed E-state index contributed by atoms with van der Waals surface area (Å²) in [6.45, 7) is 5.36. The molecule has 20 heavy (non-hydrogen) atoms. The number of hydrogen-bond acceptors (Lipinski definition) is 5. The maximum absolute atomic E-state index is 4.56. The van der Waals surface area contributed by atoms with E-state index in [-0.39, 0.29) is 0 Å². The molecule has 0 saturated carbocycles. The second-order valence-electron chi connectivity index (χ2n) is 5.56. The van der Waals surface area contributed by atoms with Crippen molar-refractivity contribution >= 4 is 27.7 Å². The molecule has 2 N–H and O–H groups in total. The SMILES string of the molecule is CCNc1ncc(Br)c(NC2CCN3CCCCC23)n1. The molecule has 2 aliphatic heterocycles. The third-order valence-electron chi connectivity index (χ3n) is 4.26. The molecule has 0 aliphatic carbocycles. The lowest BCUT2D eigenvalue weighted by Gasteiger charge is -2.32. The number of rotatable bonds is 4. The van der Waals surface area contributed by atoms with Crippen LogP contribution in [-0.4, -0.2) is 46.6 Å². The molecule has 1 aromatic rings. The average molecular weight is 340 g/mol. The fourth-order valence-corrected chi connectivity index (χ4v) is 3.61. The highest BCUT2D eigenvalue weighted by atomic mass is 79.9. The Balaban J connectivity index is 1.72. The van der Waals surface area contributed by atoms with Crippen molar-refractivity contribution in [3.63, 3.8) is 0 Å². The Morgan fingerprint density at radius 1 is 1.35 bits per heavy atom. The number of nitrogens with one attached hydrogen (secondary N) is 2. The first-order valence-electron chi connectivity index (χ1n) is 7.55. The molecular weight excluding hydrogens is 318 g/mol. The van der Waals surface area contributed by atoms with E-state index >= 15 is 0 Å². The van der Waals surface area contributed by atoms with E-state index in [4.69, 9.17) is 0 Å². The van der Waals surface area contributed by atoms with Gasteiger partial charge < -0.3 is 10.6 Å². The summed E-state index contributed by atoms with van der Waals surface area (Å²) in [5, 5.41) is 6.79. The molecule has 2 atom stereocenters. The van der Waals surface area contributed by atoms with Crippen LogP contribution in [0.15, 0.2) is 10.7 Å². The minimum Gasteiger partial charge on any atom is -0.365 e. The van der Waals surface area contributed by atoms with Gasteiger partial charge in [0.05, 0.1) is 4.47 Å². The molecule has 0 spiro atoms. The van der Waals surface area contributed by atoms with Gasteiger partial charge in [0, 0.05) is 31.4 Å². The highest BCUT2D eigenvalue weighted by molar-refractivity contribution is 9.10. The van der Waals surface area contributed by atoms with Crippen molar-refractivity contribution in [2.24, 2.45) is 0 Å². The van der Waals surface area contributed by atoms with E-state index in [1.54, 1.807) is 0 Å². The second kappa shape index (κ2) is 6.26. The normalized spacial score (nSPS) is 26.3. The molecule has 0 amide bonds. The van der Waals surface area contributed by atoms with Crippen LogP contribution in [0, 0.1) is 0 Å². The van der Waals surface area contributed by atoms with Crippen molar-refractivity contribution in [1.29, 1.82) is 0 Å². The Hall–Kier alpha value is -0.880. The Labute approximate surface area is 128 Å². The summed E-state index contributed by atoms with van der Waals surface area (Å²) in [5.74, 6) is 1.60. The average Bonchev–Trinajstić information content (AvgIpc) is 2.86. The molecule has 0 radical (unpaired) electrons. The largest absolute Gasteiger partial charge is 0.365 e. The summed E-state index contributed by atoms with van der Waals surface area (Å²) in [6.07, 6.45) is 7.04. The molecule has 0 aromatic carbocycles. The van der Waals surface area contributed by atoms with Crippen LogP contribution in [0.2, 0.25) is 0 Å². The van der Waals surface area contributed by atoms with Crippen molar-refractivity contribution < 1.29 is 0 Å². The van der Waals surface area contributed by atoms with E-state index in [2.05, 4.69) is 48.4 Å². The summed E-state index contributed by atoms with van der Waals surface area (Å²) < 4.78 is 0.938. The van der Waals surface area contributed by atoms with Gasteiger partial charge in [-0.2, -0.15) is 4.98 Å². The third-order valence-corrected chi connectivity index (χ3v) is 4.84. The topological polar surface area (TPSA) is 53.1 Å². The summed E-state index contributed by atoms with van der Waals surface area (Å²) in [6, 6.07) is 1.18. The van der Waals surface area contributed by atoms with Crippen LogP contribution in [-0.2, 0) is 0 Å². The first-order valence-corrected chi connectivity index (χ1v) is 8.34. The van der Waals surface area contributed by atoms with Crippen LogP contribution >= 0.6 is 15.9 Å². The smallest absolute Gasteiger partial charge is 0.224 e. The zero-order valence-corrected chi connectivity index (χ0v) is 13.5. The minimum absolute atomic E-state index is 0.510. The minimum atomic E-state index is 0.510. The standard InChI is InChI=1S/C14H22BrN5/c1-2-16-14-17-9-10(15)13(19-14)18-11-6-8-20-7-4-3-5-12(11)20/h9,11-12H,2-8H2,1H3,(H2,16,17,18,19). The van der Waals surface area contributed by atoms with Gasteiger partial charge in [0.25, 0.3) is 0 Å². The first-order chi connectivity index (χ1) is 9.78. The highest BCUT2D eigenvalue weighted by Crippen LogP contribution is 2.30. The predicted molar refractivity (Wildman–Crippen MR) is 85.1 cm³/mol. The van der Waals surface area contributed by atoms with E-state index in [0.717, 1.165) is 16.8 Å². The predicted octanol–water partition coefficient (Wildman–Crippen LogP) is 2.71. The van der Waals surface area contributed by atoms with Crippen molar-refractivity contribution in [2.75, 3.05) is 30.3 Å². The van der Waals surface area contributed by atoms with Crippen LogP contribution in [0.25, 0.3) is 0 Å². The fraction of sp³-hybridized carbons (Fsp3) is 0.714. The third kappa shape index (κ3) is 2.91. The monoisotopic (exact) mass is 339 g/mol. The number of nitrogens with zero attached hydrogens (tertiary/aromatic N) is 3. The van der Waals surface area contributed by atoms with Crippen LogP contribution < -0.4 is 10.6 Å². The molecular formula is C14H22BrN5. The molecule has 3 heterocycles. The molecule has 1 aromatic heterocycles. The number of aromatic nitrogens is 2. The highest BCUT2D eigenvalue weighted by Gasteiger charge is 2.35. The zero-order valence-electron chi connectivity index (χ0n) is 11.9. The van der Waals surface area contributed by atoms with Gasteiger partial charge in [-0.1, -0.05) is 6.42 Å². The lowest BCUT2D eigenvalue weighted by molar-refractivity contribution is 0.192. The number of anilines is 2. The van der Waals surface area contributed by atoms with Crippen molar-refractivity contribution in [2.45, 2.75) is 44.7 Å². The van der Waals surface area contributed by atoms with Crippen LogP contribution in [0.4, 0.5) is 11.8 Å². The maximum Gasteiger partial charge on any atom is 0.224 e. The van der Waals surface area contributed by atoms with E-state index < -0.39 is 0 Å². The van der Waals surface area contributed by atoms with Gasteiger partial charge in [0.2, 0.25) is 5.95 Å². The van der Waals surface area contributed by atoms with Crippen LogP contribution in [0.3, 0.4) is 0 Å². The van der Waals surface area contributed by atoms with Gasteiger partial charge in [-0.15, -0.1) is 0 Å². The molecule has 6 heteroatoms. The molecule has 0 bridgehead atoms. The van der Waals surface area contributed by atoms with Gasteiger partial charge in [-0.3, -0.25) is 4.90 Å². The van der Waals surface area contributed by atoms with E-state index in [1.807, 2.05) is 6.20 Å². The summed E-state index contributed by atoms with van der Waals surface area (Å²) in [7, 11) is 0. The lowest BCUT2D eigenvalue weighted by atomic mass is 9.99. The van der Waals surface area contributed by atoms with Gasteiger partial charge in [-0.05, 0) is 48.7 Å². The molecule has 5 nitrogen and oxygen atoms in total. The summed E-state index contributed by atoms with van der Waals surface area (Å²) in [4.78, 5) is 11.5. The number of piperidine rings is 1. The van der Waals surface area contributed by atoms with Gasteiger partial charge in [0.15, 0.2) is 0 Å². The maximum atomic E-state index is 4.56. The zero-order chi connectivity index (χ0) is 13.9. The molecule has 2 fully saturated rings. The quantitative estimate of drug-likeness (QED) is 0.883. The molecule has 2 unspecified atom stereocenters. The van der Waals surface area contributed by atoms with Gasteiger partial charge in [-0.25, -0.2) is 4.98 Å². The Morgan fingerprint density at radius 2 is 2.25 bits per heavy atom. The van der Waals surface area contributed by atoms with Crippen molar-refractivity contribution in [3.05, 3.63) is 10.7 Å². The number of hydrogen-bond donors (Lipinski definition) is 2. The Bertz CT molecular complexity index is 467. The van der Waals surface area contributed by atoms with E-state index in [1.165, 1.54) is 38.8 Å². The summed E-state index contributed by atoms with van der Waals surface area (Å²) in [5.41, 5.74) is 0. The Kier molecular flexibility index (Phi) is 4.41. The van der Waals surface area contributed by atoms with Gasteiger partial charge in [0.1, 0.15) is 5.82 Å². The molecule has 3 rings (SSSR count). The number of fused-ring (bicyclic) bond motifs is 1. The molecule has 110 valence electrons. The van der Waals surface area contributed by atoms with Crippen LogP contribution in [0.5, 0.6) is 0 Å². The summed E-state index contributed by atoms with van der Waals surface area (Å²) >= 11 is 3.55. The first kappa shape index (κ1) is 14.1. The molecule has 2 aliphatic rings. The molecule has 2 saturated heterocycles. The second-order valence-corrected chi connectivity index (χ2v) is 6.41. The van der Waals surface area contributed by atoms with E-state index in [0.29, 0.717) is 18.0 Å². The van der Waals surface area contributed by atoms with Crippen molar-refractivity contribution in [1.82, 2.24) is 14.9 Å². The fourth-order valence-electron chi connectivity index (χ4n) is 3.30. The lowest BCUT2D eigenvalue weighted by Crippen LogP contribution is -2.41.